The highest BCUT2D eigenvalue weighted by Gasteiger charge is 2.21. The van der Waals surface area contributed by atoms with E-state index in [1.165, 1.54) is 16.5 Å². The molecule has 2 aromatic heterocycles. The van der Waals surface area contributed by atoms with Gasteiger partial charge in [-0.2, -0.15) is 0 Å². The van der Waals surface area contributed by atoms with Gasteiger partial charge >= 0.3 is 0 Å². The maximum Gasteiger partial charge on any atom is 0.203 e. The summed E-state index contributed by atoms with van der Waals surface area (Å²) in [5.74, 6) is 2.05. The Balaban J connectivity index is 1.38. The average molecular weight is 357 g/mol. The predicted octanol–water partition coefficient (Wildman–Crippen LogP) is 4.05. The van der Waals surface area contributed by atoms with E-state index in [-0.39, 0.29) is 0 Å². The van der Waals surface area contributed by atoms with Crippen LogP contribution in [0.5, 0.6) is 0 Å². The highest BCUT2D eigenvalue weighted by Crippen LogP contribution is 2.26. The molecule has 0 radical (unpaired) electrons. The van der Waals surface area contributed by atoms with Crippen LogP contribution in [0.3, 0.4) is 0 Å². The van der Waals surface area contributed by atoms with Gasteiger partial charge in [0.25, 0.3) is 0 Å². The van der Waals surface area contributed by atoms with Crippen LogP contribution in [0.1, 0.15) is 11.1 Å². The first-order valence-corrected chi connectivity index (χ1v) is 9.51. The van der Waals surface area contributed by atoms with Crippen LogP contribution >= 0.6 is 0 Å². The Labute approximate surface area is 158 Å². The van der Waals surface area contributed by atoms with Gasteiger partial charge in [-0.15, -0.1) is 0 Å². The number of anilines is 2. The van der Waals surface area contributed by atoms with E-state index in [2.05, 4.69) is 65.0 Å². The third-order valence-electron chi connectivity index (χ3n) is 5.51. The number of hydrogen-bond donors (Lipinski definition) is 1. The van der Waals surface area contributed by atoms with Crippen molar-refractivity contribution in [1.29, 1.82) is 0 Å². The molecular formula is C22H23N5. The summed E-state index contributed by atoms with van der Waals surface area (Å²) in [5, 5.41) is 1.25. The fourth-order valence-corrected chi connectivity index (χ4v) is 3.94. The number of nitrogens with one attached hydrogen (secondary N) is 1. The van der Waals surface area contributed by atoms with Gasteiger partial charge in [-0.3, -0.25) is 0 Å². The van der Waals surface area contributed by atoms with E-state index in [1.807, 2.05) is 12.1 Å². The predicted molar refractivity (Wildman–Crippen MR) is 112 cm³/mol. The fraction of sp³-hybridized carbons (Fsp3) is 0.273. The number of pyridine rings is 1. The molecule has 0 bridgehead atoms. The van der Waals surface area contributed by atoms with Gasteiger partial charge in [0.05, 0.1) is 16.6 Å². The number of nitrogens with zero attached hydrogens (tertiary/aromatic N) is 4. The molecule has 2 aromatic carbocycles. The fourth-order valence-electron chi connectivity index (χ4n) is 3.94. The maximum atomic E-state index is 4.98. The van der Waals surface area contributed by atoms with E-state index in [0.29, 0.717) is 0 Å². The Morgan fingerprint density at radius 3 is 2.41 bits per heavy atom. The number of imidazole rings is 1. The zero-order valence-corrected chi connectivity index (χ0v) is 15.7. The highest BCUT2D eigenvalue weighted by atomic mass is 15.3. The second-order valence-electron chi connectivity index (χ2n) is 7.32. The van der Waals surface area contributed by atoms with E-state index in [1.54, 1.807) is 0 Å². The number of hydrogen-bond acceptors (Lipinski definition) is 4. The Morgan fingerprint density at radius 2 is 1.59 bits per heavy atom. The largest absolute Gasteiger partial charge is 0.353 e. The number of para-hydroxylation sites is 3. The first kappa shape index (κ1) is 16.1. The van der Waals surface area contributed by atoms with Crippen molar-refractivity contribution in [1.82, 2.24) is 15.0 Å². The molecule has 136 valence electrons. The minimum Gasteiger partial charge on any atom is -0.353 e. The molecule has 1 N–H and O–H groups in total. The van der Waals surface area contributed by atoms with E-state index in [0.717, 1.165) is 54.5 Å². The zero-order chi connectivity index (χ0) is 18.4. The molecule has 5 nitrogen and oxygen atoms in total. The van der Waals surface area contributed by atoms with Gasteiger partial charge in [0.2, 0.25) is 5.95 Å². The molecule has 5 heteroatoms. The molecule has 1 saturated heterocycles. The number of piperazine rings is 1. The molecule has 0 unspecified atom stereocenters. The number of fused-ring (bicyclic) bond motifs is 2. The van der Waals surface area contributed by atoms with Gasteiger partial charge < -0.3 is 14.8 Å². The topological polar surface area (TPSA) is 48.0 Å². The van der Waals surface area contributed by atoms with Gasteiger partial charge in [-0.1, -0.05) is 30.3 Å². The molecule has 1 aliphatic heterocycles. The van der Waals surface area contributed by atoms with E-state index < -0.39 is 0 Å². The first-order valence-electron chi connectivity index (χ1n) is 9.51. The lowest BCUT2D eigenvalue weighted by Gasteiger charge is -2.35. The summed E-state index contributed by atoms with van der Waals surface area (Å²) in [6.45, 7) is 8.08. The minimum absolute atomic E-state index is 0.937. The molecule has 0 aliphatic carbocycles. The van der Waals surface area contributed by atoms with Crippen LogP contribution in [-0.2, 0) is 0 Å². The number of benzene rings is 2. The van der Waals surface area contributed by atoms with Crippen LogP contribution in [0.4, 0.5) is 11.8 Å². The monoisotopic (exact) mass is 357 g/mol. The first-order chi connectivity index (χ1) is 13.2. The van der Waals surface area contributed by atoms with Gasteiger partial charge in [-0.25, -0.2) is 9.97 Å². The zero-order valence-electron chi connectivity index (χ0n) is 15.7. The van der Waals surface area contributed by atoms with Crippen molar-refractivity contribution in [2.24, 2.45) is 0 Å². The van der Waals surface area contributed by atoms with Crippen molar-refractivity contribution in [3.63, 3.8) is 0 Å². The van der Waals surface area contributed by atoms with Crippen LogP contribution in [0.15, 0.2) is 48.5 Å². The Morgan fingerprint density at radius 1 is 0.815 bits per heavy atom. The highest BCUT2D eigenvalue weighted by molar-refractivity contribution is 5.86. The molecule has 0 saturated carbocycles. The SMILES string of the molecule is Cc1cc(N2CCN(c3nc4ccccc4[nH]3)CC2)nc2c(C)cccc12. The molecule has 5 rings (SSSR count). The Hall–Kier alpha value is -3.08. The van der Waals surface area contributed by atoms with E-state index in [4.69, 9.17) is 9.97 Å². The van der Waals surface area contributed by atoms with E-state index >= 15 is 0 Å². The summed E-state index contributed by atoms with van der Waals surface area (Å²) in [7, 11) is 0. The standard InChI is InChI=1S/C22H23N5/c1-15-6-5-7-17-16(2)14-20(25-21(15)17)26-10-12-27(13-11-26)22-23-18-8-3-4-9-19(18)24-22/h3-9,14H,10-13H2,1-2H3,(H,23,24). The normalized spacial score (nSPS) is 15.0. The van der Waals surface area contributed by atoms with Crippen molar-refractivity contribution in [3.05, 3.63) is 59.7 Å². The van der Waals surface area contributed by atoms with Crippen molar-refractivity contribution in [3.8, 4) is 0 Å². The van der Waals surface area contributed by atoms with Gasteiger partial charge in [-0.05, 0) is 43.2 Å². The summed E-state index contributed by atoms with van der Waals surface area (Å²) in [6, 6.07) is 16.8. The van der Waals surface area contributed by atoms with Crippen LogP contribution in [0.2, 0.25) is 0 Å². The summed E-state index contributed by atoms with van der Waals surface area (Å²) in [4.78, 5) is 17.9. The van der Waals surface area contributed by atoms with Crippen molar-refractivity contribution in [2.45, 2.75) is 13.8 Å². The number of aromatic amines is 1. The molecular weight excluding hydrogens is 334 g/mol. The molecule has 3 heterocycles. The average Bonchev–Trinajstić information content (AvgIpc) is 3.13. The molecule has 0 atom stereocenters. The van der Waals surface area contributed by atoms with Crippen molar-refractivity contribution >= 4 is 33.7 Å². The quantitative estimate of drug-likeness (QED) is 0.588. The van der Waals surface area contributed by atoms with Crippen LogP contribution in [-0.4, -0.2) is 41.1 Å². The summed E-state index contributed by atoms with van der Waals surface area (Å²) in [5.41, 5.74) is 5.76. The third kappa shape index (κ3) is 2.79. The number of H-pyrrole nitrogens is 1. The van der Waals surface area contributed by atoms with Crippen LogP contribution in [0, 0.1) is 13.8 Å². The lowest BCUT2D eigenvalue weighted by molar-refractivity contribution is 0.638. The molecule has 27 heavy (non-hydrogen) atoms. The summed E-state index contributed by atoms with van der Waals surface area (Å²) >= 11 is 0. The van der Waals surface area contributed by atoms with Crippen LogP contribution < -0.4 is 9.80 Å². The maximum absolute atomic E-state index is 4.98. The molecule has 1 aliphatic rings. The van der Waals surface area contributed by atoms with Gasteiger partial charge in [0, 0.05) is 31.6 Å². The smallest absolute Gasteiger partial charge is 0.203 e. The van der Waals surface area contributed by atoms with Gasteiger partial charge in [0.15, 0.2) is 0 Å². The van der Waals surface area contributed by atoms with Crippen molar-refractivity contribution in [2.75, 3.05) is 36.0 Å². The molecule has 0 amide bonds. The summed E-state index contributed by atoms with van der Waals surface area (Å²) in [6.07, 6.45) is 0. The van der Waals surface area contributed by atoms with E-state index in [9.17, 15) is 0 Å². The third-order valence-corrected chi connectivity index (χ3v) is 5.51. The van der Waals surface area contributed by atoms with Crippen LogP contribution in [0.25, 0.3) is 21.9 Å². The Bertz CT molecular complexity index is 1090. The molecule has 0 spiro atoms. The second-order valence-corrected chi connectivity index (χ2v) is 7.32. The van der Waals surface area contributed by atoms with Crippen molar-refractivity contribution < 1.29 is 0 Å². The molecule has 4 aromatic rings. The molecule has 1 fully saturated rings. The minimum atomic E-state index is 0.937. The number of aryl methyl sites for hydroxylation is 2. The number of aromatic nitrogens is 3. The number of rotatable bonds is 2. The Kier molecular flexibility index (Phi) is 3.74. The summed E-state index contributed by atoms with van der Waals surface area (Å²) < 4.78 is 0. The second kappa shape index (κ2) is 6.27. The van der Waals surface area contributed by atoms with Gasteiger partial charge in [0.1, 0.15) is 5.82 Å². The lowest BCUT2D eigenvalue weighted by Crippen LogP contribution is -2.47. The lowest BCUT2D eigenvalue weighted by atomic mass is 10.1.